The Morgan fingerprint density at radius 1 is 1.11 bits per heavy atom. The molecule has 1 aliphatic heterocycles. The Labute approximate surface area is 160 Å². The van der Waals surface area contributed by atoms with Crippen molar-refractivity contribution in [2.24, 2.45) is 0 Å². The van der Waals surface area contributed by atoms with E-state index in [9.17, 15) is 26.8 Å². The Morgan fingerprint density at radius 3 is 2.50 bits per heavy atom. The van der Waals surface area contributed by atoms with Crippen molar-refractivity contribution in [3.05, 3.63) is 48.0 Å². The molecule has 2 aromatic rings. The van der Waals surface area contributed by atoms with Gasteiger partial charge in [-0.05, 0) is 24.6 Å². The first-order chi connectivity index (χ1) is 13.2. The van der Waals surface area contributed by atoms with Crippen molar-refractivity contribution in [3.8, 4) is 11.1 Å². The normalized spacial score (nSPS) is 16.9. The first-order valence-electron chi connectivity index (χ1n) is 8.29. The molecule has 1 aliphatic rings. The van der Waals surface area contributed by atoms with Crippen molar-refractivity contribution in [1.29, 1.82) is 0 Å². The van der Waals surface area contributed by atoms with Gasteiger partial charge in [0.05, 0.1) is 17.6 Å². The third-order valence-corrected chi connectivity index (χ3v) is 4.93. The van der Waals surface area contributed by atoms with E-state index in [0.29, 0.717) is 6.41 Å². The number of nitrogens with zero attached hydrogens (tertiary/aromatic N) is 1. The van der Waals surface area contributed by atoms with Crippen molar-refractivity contribution in [3.63, 3.8) is 0 Å². The van der Waals surface area contributed by atoms with Crippen LogP contribution in [-0.2, 0) is 19.6 Å². The molecule has 7 nitrogen and oxygen atoms in total. The van der Waals surface area contributed by atoms with Gasteiger partial charge >= 0.3 is 0 Å². The maximum Gasteiger partial charge on any atom is 0.249 e. The van der Waals surface area contributed by atoms with E-state index < -0.39 is 33.6 Å². The van der Waals surface area contributed by atoms with Gasteiger partial charge in [0, 0.05) is 17.7 Å². The fourth-order valence-electron chi connectivity index (χ4n) is 3.12. The van der Waals surface area contributed by atoms with E-state index in [1.54, 1.807) is 12.1 Å². The average Bonchev–Trinajstić information content (AvgIpc) is 2.98. The van der Waals surface area contributed by atoms with Gasteiger partial charge in [0.15, 0.2) is 11.6 Å². The molecule has 1 saturated heterocycles. The van der Waals surface area contributed by atoms with Gasteiger partial charge in [0.2, 0.25) is 22.3 Å². The van der Waals surface area contributed by atoms with Crippen LogP contribution in [0.1, 0.15) is 6.42 Å². The number of carbonyl (C=O) groups excluding carboxylic acids is 2. The maximum atomic E-state index is 14.8. The van der Waals surface area contributed by atoms with Crippen LogP contribution in [0.15, 0.2) is 36.4 Å². The molecule has 0 aromatic heterocycles. The maximum absolute atomic E-state index is 14.8. The van der Waals surface area contributed by atoms with Crippen molar-refractivity contribution in [2.75, 3.05) is 22.4 Å². The highest BCUT2D eigenvalue weighted by atomic mass is 32.2. The van der Waals surface area contributed by atoms with E-state index >= 15 is 0 Å². The molecule has 148 valence electrons. The Hall–Kier alpha value is -3.01. The van der Waals surface area contributed by atoms with E-state index in [1.807, 2.05) is 0 Å². The second-order valence-electron chi connectivity index (χ2n) is 6.30. The molecular weight excluding hydrogens is 392 g/mol. The van der Waals surface area contributed by atoms with Crippen LogP contribution in [0.25, 0.3) is 11.1 Å². The predicted octanol–water partition coefficient (Wildman–Crippen LogP) is 1.85. The van der Waals surface area contributed by atoms with Gasteiger partial charge in [-0.1, -0.05) is 18.2 Å². The van der Waals surface area contributed by atoms with Crippen LogP contribution in [0.3, 0.4) is 0 Å². The highest BCUT2D eigenvalue weighted by Gasteiger charge is 2.34. The number of nitrogens with one attached hydrogen (secondary N) is 2. The summed E-state index contributed by atoms with van der Waals surface area (Å²) in [5.74, 6) is -2.97. The number of hydrogen-bond donors (Lipinski definition) is 2. The Morgan fingerprint density at radius 2 is 1.82 bits per heavy atom. The molecule has 28 heavy (non-hydrogen) atoms. The number of hydrogen-bond acceptors (Lipinski definition) is 4. The summed E-state index contributed by atoms with van der Waals surface area (Å²) in [7, 11) is -3.63. The zero-order chi connectivity index (χ0) is 20.5. The van der Waals surface area contributed by atoms with E-state index in [-0.39, 0.29) is 35.5 Å². The number of anilines is 2. The van der Waals surface area contributed by atoms with Crippen molar-refractivity contribution in [2.45, 2.75) is 12.5 Å². The zero-order valence-corrected chi connectivity index (χ0v) is 15.6. The van der Waals surface area contributed by atoms with Crippen LogP contribution in [0.5, 0.6) is 0 Å². The Bertz CT molecular complexity index is 1040. The Kier molecular flexibility index (Phi) is 5.32. The fraction of sp³-hybridized carbons (Fsp3) is 0.222. The molecule has 0 bridgehead atoms. The lowest BCUT2D eigenvalue weighted by atomic mass is 10.0. The standard InChI is InChI=1S/C18H17F2N3O4S/c1-28(26,27)22-13-5-3-2-4-11(13)12-6-7-15(17(20)16(12)19)23-9-8-14(18(23)25)21-10-24/h2-7,10,14,22H,8-9H2,1H3,(H,21,24). The van der Waals surface area contributed by atoms with Crippen LogP contribution in [-0.4, -0.2) is 39.6 Å². The number of benzene rings is 2. The van der Waals surface area contributed by atoms with Crippen molar-refractivity contribution >= 4 is 33.7 Å². The van der Waals surface area contributed by atoms with Crippen LogP contribution < -0.4 is 14.9 Å². The smallest absolute Gasteiger partial charge is 0.249 e. The average molecular weight is 409 g/mol. The second kappa shape index (κ2) is 7.55. The first-order valence-corrected chi connectivity index (χ1v) is 10.2. The van der Waals surface area contributed by atoms with Gasteiger partial charge in [0.25, 0.3) is 0 Å². The van der Waals surface area contributed by atoms with Crippen molar-refractivity contribution in [1.82, 2.24) is 5.32 Å². The number of para-hydroxylation sites is 1. The summed E-state index contributed by atoms with van der Waals surface area (Å²) in [6.45, 7) is 0.131. The molecule has 2 N–H and O–H groups in total. The lowest BCUT2D eigenvalue weighted by molar-refractivity contribution is -0.121. The monoisotopic (exact) mass is 409 g/mol. The largest absolute Gasteiger partial charge is 0.347 e. The Balaban J connectivity index is 2.01. The summed E-state index contributed by atoms with van der Waals surface area (Å²) < 4.78 is 54.9. The minimum Gasteiger partial charge on any atom is -0.347 e. The van der Waals surface area contributed by atoms with Gasteiger partial charge in [-0.15, -0.1) is 0 Å². The van der Waals surface area contributed by atoms with Crippen LogP contribution in [0.4, 0.5) is 20.2 Å². The molecular formula is C18H17F2N3O4S. The molecule has 1 fully saturated rings. The lowest BCUT2D eigenvalue weighted by Crippen LogP contribution is -2.38. The highest BCUT2D eigenvalue weighted by molar-refractivity contribution is 7.92. The summed E-state index contributed by atoms with van der Waals surface area (Å²) >= 11 is 0. The summed E-state index contributed by atoms with van der Waals surface area (Å²) in [5, 5.41) is 2.34. The molecule has 0 aliphatic carbocycles. The van der Waals surface area contributed by atoms with Gasteiger partial charge in [-0.25, -0.2) is 17.2 Å². The summed E-state index contributed by atoms with van der Waals surface area (Å²) in [6.07, 6.45) is 1.62. The van der Waals surface area contributed by atoms with Gasteiger partial charge < -0.3 is 10.2 Å². The molecule has 0 saturated carbocycles. The van der Waals surface area contributed by atoms with Gasteiger partial charge in [0.1, 0.15) is 6.04 Å². The SMILES string of the molecule is CS(=O)(=O)Nc1ccccc1-c1ccc(N2CCC(NC=O)C2=O)c(F)c1F. The third-order valence-electron chi connectivity index (χ3n) is 4.34. The molecule has 1 atom stereocenters. The molecule has 0 spiro atoms. The number of carbonyl (C=O) groups is 2. The highest BCUT2D eigenvalue weighted by Crippen LogP contribution is 2.35. The van der Waals surface area contributed by atoms with Crippen LogP contribution >= 0.6 is 0 Å². The molecule has 0 radical (unpaired) electrons. The molecule has 3 rings (SSSR count). The van der Waals surface area contributed by atoms with E-state index in [1.165, 1.54) is 24.3 Å². The van der Waals surface area contributed by atoms with Crippen LogP contribution in [0.2, 0.25) is 0 Å². The number of halogens is 2. The van der Waals surface area contributed by atoms with Gasteiger partial charge in [-0.2, -0.15) is 0 Å². The fourth-order valence-corrected chi connectivity index (χ4v) is 3.70. The van der Waals surface area contributed by atoms with E-state index in [2.05, 4.69) is 10.0 Å². The summed E-state index contributed by atoms with van der Waals surface area (Å²) in [6, 6.07) is 7.77. The lowest BCUT2D eigenvalue weighted by Gasteiger charge is -2.19. The predicted molar refractivity (Wildman–Crippen MR) is 100 cm³/mol. The molecule has 10 heteroatoms. The molecule has 1 heterocycles. The quantitative estimate of drug-likeness (QED) is 0.712. The molecule has 2 aromatic carbocycles. The number of sulfonamides is 1. The van der Waals surface area contributed by atoms with E-state index in [0.717, 1.165) is 11.2 Å². The number of amides is 2. The van der Waals surface area contributed by atoms with Crippen LogP contribution in [0, 0.1) is 11.6 Å². The number of rotatable bonds is 6. The third kappa shape index (κ3) is 3.81. The summed E-state index contributed by atoms with van der Waals surface area (Å²) in [5.41, 5.74) is -0.134. The van der Waals surface area contributed by atoms with E-state index in [4.69, 9.17) is 0 Å². The zero-order valence-electron chi connectivity index (χ0n) is 14.8. The second-order valence-corrected chi connectivity index (χ2v) is 8.04. The topological polar surface area (TPSA) is 95.6 Å². The van der Waals surface area contributed by atoms with Gasteiger partial charge in [-0.3, -0.25) is 14.3 Å². The first kappa shape index (κ1) is 19.7. The van der Waals surface area contributed by atoms with Crippen molar-refractivity contribution < 1.29 is 26.8 Å². The molecule has 1 unspecified atom stereocenters. The minimum atomic E-state index is -3.63. The summed E-state index contributed by atoms with van der Waals surface area (Å²) in [4.78, 5) is 23.9. The molecule has 2 amide bonds. The minimum absolute atomic E-state index is 0.101.